The van der Waals surface area contributed by atoms with Crippen LogP contribution in [0.2, 0.25) is 0 Å². The predicted octanol–water partition coefficient (Wildman–Crippen LogP) is 5.50. The second-order valence-corrected chi connectivity index (χ2v) is 7.95. The highest BCUT2D eigenvalue weighted by molar-refractivity contribution is 9.09. The Bertz CT molecular complexity index is 671. The molecule has 0 bridgehead atoms. The summed E-state index contributed by atoms with van der Waals surface area (Å²) in [4.78, 5) is 10.5. The highest BCUT2D eigenvalue weighted by Gasteiger charge is 2.17. The fourth-order valence-electron chi connectivity index (χ4n) is 2.08. The normalized spacial score (nSPS) is 14.8. The maximum atomic E-state index is 12.7. The van der Waals surface area contributed by atoms with Gasteiger partial charge in [0.05, 0.1) is 11.2 Å². The first-order chi connectivity index (χ1) is 12.3. The first-order valence-corrected chi connectivity index (χ1v) is 9.50. The van der Waals surface area contributed by atoms with E-state index in [-0.39, 0.29) is 12.2 Å². The predicted molar refractivity (Wildman–Crippen MR) is 107 cm³/mol. The minimum atomic E-state index is -0.786. The number of carboxylic acid groups (broad SMARTS) is 1. The van der Waals surface area contributed by atoms with Crippen LogP contribution < -0.4 is 4.74 Å². The van der Waals surface area contributed by atoms with Gasteiger partial charge in [-0.2, -0.15) is 0 Å². The maximum absolute atomic E-state index is 12.7. The van der Waals surface area contributed by atoms with Crippen molar-refractivity contribution < 1.29 is 19.0 Å². The molecule has 1 unspecified atom stereocenters. The van der Waals surface area contributed by atoms with Crippen molar-refractivity contribution in [3.63, 3.8) is 0 Å². The highest BCUT2D eigenvalue weighted by atomic mass is 79.9. The fourth-order valence-corrected chi connectivity index (χ4v) is 2.56. The van der Waals surface area contributed by atoms with Gasteiger partial charge in [0.1, 0.15) is 18.2 Å². The molecule has 1 N–H and O–H groups in total. The van der Waals surface area contributed by atoms with E-state index in [2.05, 4.69) is 36.7 Å². The topological polar surface area (TPSA) is 46.5 Å². The zero-order chi connectivity index (χ0) is 19.5. The third-order valence-corrected chi connectivity index (χ3v) is 3.68. The van der Waals surface area contributed by atoms with Crippen molar-refractivity contribution >= 4 is 21.9 Å². The molecule has 0 spiro atoms. The first kappa shape index (κ1) is 22.2. The Morgan fingerprint density at radius 3 is 2.42 bits per heavy atom. The molecular weight excluding hydrogens is 399 g/mol. The van der Waals surface area contributed by atoms with E-state index in [1.165, 1.54) is 12.1 Å². The summed E-state index contributed by atoms with van der Waals surface area (Å²) < 4.78 is 18.0. The largest absolute Gasteiger partial charge is 0.492 e. The van der Waals surface area contributed by atoms with Gasteiger partial charge < -0.3 is 9.84 Å². The molecule has 1 aliphatic rings. The summed E-state index contributed by atoms with van der Waals surface area (Å²) in [6.07, 6.45) is 1.02. The second-order valence-electron chi connectivity index (χ2n) is 6.65. The number of ether oxygens (including phenoxy) is 1. The van der Waals surface area contributed by atoms with Crippen molar-refractivity contribution in [2.75, 3.05) is 6.61 Å². The molecule has 5 heteroatoms. The van der Waals surface area contributed by atoms with Crippen LogP contribution in [0.3, 0.4) is 0 Å². The van der Waals surface area contributed by atoms with Gasteiger partial charge in [-0.3, -0.25) is 4.79 Å². The van der Waals surface area contributed by atoms with Gasteiger partial charge in [-0.05, 0) is 29.5 Å². The van der Waals surface area contributed by atoms with Crippen LogP contribution in [0.25, 0.3) is 0 Å². The Morgan fingerprint density at radius 1 is 1.23 bits per heavy atom. The van der Waals surface area contributed by atoms with E-state index in [4.69, 9.17) is 9.84 Å². The van der Waals surface area contributed by atoms with Crippen molar-refractivity contribution in [1.82, 2.24) is 0 Å². The van der Waals surface area contributed by atoms with E-state index in [1.54, 1.807) is 18.2 Å². The van der Waals surface area contributed by atoms with Gasteiger partial charge in [0.15, 0.2) is 0 Å². The molecule has 26 heavy (non-hydrogen) atoms. The third kappa shape index (κ3) is 9.56. The van der Waals surface area contributed by atoms with E-state index >= 15 is 0 Å². The van der Waals surface area contributed by atoms with Gasteiger partial charge in [-0.25, -0.2) is 4.39 Å². The van der Waals surface area contributed by atoms with Crippen molar-refractivity contribution in [2.45, 2.75) is 38.4 Å². The van der Waals surface area contributed by atoms with Gasteiger partial charge in [-0.1, -0.05) is 73.1 Å². The van der Waals surface area contributed by atoms with E-state index in [9.17, 15) is 9.18 Å². The van der Waals surface area contributed by atoms with Crippen LogP contribution in [0, 0.1) is 11.7 Å². The first-order valence-electron chi connectivity index (χ1n) is 8.59. The summed E-state index contributed by atoms with van der Waals surface area (Å²) in [6, 6.07) is 13.8. The molecule has 1 aliphatic heterocycles. The van der Waals surface area contributed by atoms with Gasteiger partial charge in [0.2, 0.25) is 0 Å². The number of aliphatic carboxylic acids is 1. The molecular formula is C21H26BrFO3. The number of hydrogen-bond donors (Lipinski definition) is 1. The van der Waals surface area contributed by atoms with Crippen molar-refractivity contribution in [3.8, 4) is 5.75 Å². The summed E-state index contributed by atoms with van der Waals surface area (Å²) >= 11 is 3.46. The number of benzene rings is 2. The number of carboxylic acids is 1. The van der Waals surface area contributed by atoms with E-state index in [0.29, 0.717) is 17.2 Å². The highest BCUT2D eigenvalue weighted by Crippen LogP contribution is 2.27. The Kier molecular flexibility index (Phi) is 9.96. The number of fused-ring (bicyclic) bond motifs is 1. The van der Waals surface area contributed by atoms with Gasteiger partial charge >= 0.3 is 5.97 Å². The second kappa shape index (κ2) is 11.7. The Balaban J connectivity index is 0.000000220. The van der Waals surface area contributed by atoms with Crippen LogP contribution in [0.15, 0.2) is 48.5 Å². The SMILES string of the molecule is CC(C)C.Fc1ccc2c(c1)OCC(Br)C2.O=C(O)Cc1ccccc1. The lowest BCUT2D eigenvalue weighted by molar-refractivity contribution is -0.136. The summed E-state index contributed by atoms with van der Waals surface area (Å²) in [5.41, 5.74) is 1.92. The quantitative estimate of drug-likeness (QED) is 0.647. The fraction of sp³-hybridized carbons (Fsp3) is 0.381. The number of alkyl halides is 1. The summed E-state index contributed by atoms with van der Waals surface area (Å²) in [5.74, 6) is 0.499. The molecule has 2 aromatic carbocycles. The Hall–Kier alpha value is -1.88. The Morgan fingerprint density at radius 2 is 1.85 bits per heavy atom. The van der Waals surface area contributed by atoms with Crippen LogP contribution in [0.1, 0.15) is 31.9 Å². The molecule has 0 saturated carbocycles. The lowest BCUT2D eigenvalue weighted by atomic mass is 10.1. The molecule has 142 valence electrons. The van der Waals surface area contributed by atoms with Gasteiger partial charge in [0, 0.05) is 6.07 Å². The monoisotopic (exact) mass is 424 g/mol. The number of rotatable bonds is 2. The zero-order valence-electron chi connectivity index (χ0n) is 15.4. The van der Waals surface area contributed by atoms with Crippen LogP contribution >= 0.6 is 15.9 Å². The average molecular weight is 425 g/mol. The van der Waals surface area contributed by atoms with Crippen molar-refractivity contribution in [1.29, 1.82) is 0 Å². The molecule has 2 aromatic rings. The summed E-state index contributed by atoms with van der Waals surface area (Å²) in [5, 5.41) is 8.37. The van der Waals surface area contributed by atoms with E-state index in [1.807, 2.05) is 18.2 Å². The maximum Gasteiger partial charge on any atom is 0.307 e. The number of carbonyl (C=O) groups is 1. The molecule has 0 fully saturated rings. The van der Waals surface area contributed by atoms with E-state index < -0.39 is 5.97 Å². The minimum absolute atomic E-state index is 0.112. The summed E-state index contributed by atoms with van der Waals surface area (Å²) in [6.45, 7) is 7.12. The van der Waals surface area contributed by atoms with Crippen LogP contribution in [-0.2, 0) is 17.6 Å². The van der Waals surface area contributed by atoms with Gasteiger partial charge in [-0.15, -0.1) is 0 Å². The number of hydrogen-bond acceptors (Lipinski definition) is 2. The van der Waals surface area contributed by atoms with Crippen molar-refractivity contribution in [3.05, 3.63) is 65.5 Å². The van der Waals surface area contributed by atoms with Crippen LogP contribution in [0.5, 0.6) is 5.75 Å². The molecule has 3 nitrogen and oxygen atoms in total. The van der Waals surface area contributed by atoms with Crippen LogP contribution in [-0.4, -0.2) is 22.5 Å². The van der Waals surface area contributed by atoms with Crippen molar-refractivity contribution in [2.24, 2.45) is 5.92 Å². The smallest absolute Gasteiger partial charge is 0.307 e. The van der Waals surface area contributed by atoms with Gasteiger partial charge in [0.25, 0.3) is 0 Å². The lowest BCUT2D eigenvalue weighted by Crippen LogP contribution is -2.20. The average Bonchev–Trinajstić information content (AvgIpc) is 2.55. The van der Waals surface area contributed by atoms with Crippen LogP contribution in [0.4, 0.5) is 4.39 Å². The lowest BCUT2D eigenvalue weighted by Gasteiger charge is -2.20. The molecule has 1 atom stereocenters. The molecule has 0 aliphatic carbocycles. The molecule has 0 aromatic heterocycles. The zero-order valence-corrected chi connectivity index (χ0v) is 17.0. The Labute approximate surface area is 163 Å². The molecule has 0 amide bonds. The summed E-state index contributed by atoms with van der Waals surface area (Å²) in [7, 11) is 0. The standard InChI is InChI=1S/C9H8BrFO.C8H8O2.C4H10/c10-7-3-6-1-2-8(11)4-9(6)12-5-7;9-8(10)6-7-4-2-1-3-5-7;1-4(2)3/h1-2,4,7H,3,5H2;1-5H,6H2,(H,9,10);4H,1-3H3. The molecule has 0 saturated heterocycles. The number of halogens is 2. The molecule has 1 heterocycles. The minimum Gasteiger partial charge on any atom is -0.492 e. The third-order valence-electron chi connectivity index (χ3n) is 3.09. The van der Waals surface area contributed by atoms with E-state index in [0.717, 1.165) is 23.5 Å². The molecule has 3 rings (SSSR count). The molecule has 0 radical (unpaired) electrons.